The smallest absolute Gasteiger partial charge is 0.324 e. The molecule has 5 nitrogen and oxygen atoms in total. The minimum atomic E-state index is -0.607. The average molecular weight is 246 g/mol. The van der Waals surface area contributed by atoms with Gasteiger partial charge in [0.15, 0.2) is 0 Å². The lowest BCUT2D eigenvalue weighted by Crippen LogP contribution is -2.42. The van der Waals surface area contributed by atoms with Gasteiger partial charge in [-0.15, -0.1) is 0 Å². The standard InChI is InChI=1S/C13H14N2O3/c1-14-13(18)15(9-10-16)12(17)8-7-11-5-3-2-4-6-11/h2-8,10H,9H2,1H3,(H,14,18). The highest BCUT2D eigenvalue weighted by Crippen LogP contribution is 2.02. The predicted molar refractivity (Wildman–Crippen MR) is 67.7 cm³/mol. The molecule has 1 aromatic carbocycles. The van der Waals surface area contributed by atoms with E-state index in [0.717, 1.165) is 10.5 Å². The van der Waals surface area contributed by atoms with Crippen molar-refractivity contribution in [2.24, 2.45) is 0 Å². The van der Waals surface area contributed by atoms with Gasteiger partial charge < -0.3 is 10.1 Å². The molecule has 3 amide bonds. The Hall–Kier alpha value is -2.43. The second kappa shape index (κ2) is 7.01. The molecule has 1 aromatic rings. The van der Waals surface area contributed by atoms with Crippen LogP contribution in [0.5, 0.6) is 0 Å². The van der Waals surface area contributed by atoms with Crippen LogP contribution in [0.2, 0.25) is 0 Å². The first kappa shape index (κ1) is 13.6. The molecule has 0 unspecified atom stereocenters. The zero-order valence-corrected chi connectivity index (χ0v) is 10.00. The number of amides is 3. The van der Waals surface area contributed by atoms with E-state index >= 15 is 0 Å². The summed E-state index contributed by atoms with van der Waals surface area (Å²) in [7, 11) is 1.40. The van der Waals surface area contributed by atoms with Crippen molar-refractivity contribution >= 4 is 24.3 Å². The van der Waals surface area contributed by atoms with Crippen molar-refractivity contribution in [2.75, 3.05) is 13.6 Å². The van der Waals surface area contributed by atoms with Gasteiger partial charge in [0, 0.05) is 13.1 Å². The van der Waals surface area contributed by atoms with E-state index in [1.54, 1.807) is 6.08 Å². The number of hydrogen-bond donors (Lipinski definition) is 1. The topological polar surface area (TPSA) is 66.5 Å². The number of nitrogens with zero attached hydrogens (tertiary/aromatic N) is 1. The van der Waals surface area contributed by atoms with E-state index in [2.05, 4.69) is 5.32 Å². The summed E-state index contributed by atoms with van der Waals surface area (Å²) in [4.78, 5) is 34.3. The van der Waals surface area contributed by atoms with Crippen molar-refractivity contribution in [2.45, 2.75) is 0 Å². The summed E-state index contributed by atoms with van der Waals surface area (Å²) in [5.74, 6) is -0.537. The van der Waals surface area contributed by atoms with Gasteiger partial charge in [-0.1, -0.05) is 30.3 Å². The van der Waals surface area contributed by atoms with Crippen LogP contribution in [0.15, 0.2) is 36.4 Å². The van der Waals surface area contributed by atoms with Gasteiger partial charge in [0.1, 0.15) is 6.29 Å². The van der Waals surface area contributed by atoms with Crippen molar-refractivity contribution < 1.29 is 14.4 Å². The number of rotatable bonds is 4. The van der Waals surface area contributed by atoms with E-state index in [1.807, 2.05) is 30.3 Å². The van der Waals surface area contributed by atoms with E-state index in [9.17, 15) is 14.4 Å². The molecule has 0 bridgehead atoms. The summed E-state index contributed by atoms with van der Waals surface area (Å²) in [6.45, 7) is -0.266. The van der Waals surface area contributed by atoms with Crippen LogP contribution in [0.25, 0.3) is 6.08 Å². The molecule has 0 spiro atoms. The zero-order chi connectivity index (χ0) is 13.4. The first-order valence-corrected chi connectivity index (χ1v) is 5.39. The Morgan fingerprint density at radius 2 is 1.94 bits per heavy atom. The van der Waals surface area contributed by atoms with E-state index in [4.69, 9.17) is 0 Å². The zero-order valence-electron chi connectivity index (χ0n) is 10.00. The third-order valence-corrected chi connectivity index (χ3v) is 2.20. The van der Waals surface area contributed by atoms with Gasteiger partial charge in [0.2, 0.25) is 0 Å². The monoisotopic (exact) mass is 246 g/mol. The van der Waals surface area contributed by atoms with Crippen molar-refractivity contribution in [3.05, 3.63) is 42.0 Å². The van der Waals surface area contributed by atoms with Gasteiger partial charge >= 0.3 is 6.03 Å². The van der Waals surface area contributed by atoms with Crippen LogP contribution < -0.4 is 5.32 Å². The molecular formula is C13H14N2O3. The van der Waals surface area contributed by atoms with Gasteiger partial charge in [-0.05, 0) is 11.6 Å². The maximum absolute atomic E-state index is 11.7. The predicted octanol–water partition coefficient (Wildman–Crippen LogP) is 1.07. The highest BCUT2D eigenvalue weighted by molar-refractivity contribution is 6.03. The Bertz CT molecular complexity index is 455. The number of carbonyl (C=O) groups is 3. The normalized spacial score (nSPS) is 10.1. The van der Waals surface area contributed by atoms with Crippen molar-refractivity contribution in [3.8, 4) is 0 Å². The quantitative estimate of drug-likeness (QED) is 0.638. The number of aldehydes is 1. The van der Waals surface area contributed by atoms with Gasteiger partial charge in [0.25, 0.3) is 5.91 Å². The fourth-order valence-corrected chi connectivity index (χ4v) is 1.30. The van der Waals surface area contributed by atoms with E-state index < -0.39 is 11.9 Å². The van der Waals surface area contributed by atoms with Crippen molar-refractivity contribution in [1.29, 1.82) is 0 Å². The molecule has 0 aliphatic heterocycles. The lowest BCUT2D eigenvalue weighted by Gasteiger charge is -2.15. The SMILES string of the molecule is CNC(=O)N(CC=O)C(=O)C=Cc1ccccc1. The Labute approximate surface area is 105 Å². The molecule has 0 radical (unpaired) electrons. The summed E-state index contributed by atoms with van der Waals surface area (Å²) in [6, 6.07) is 8.59. The molecular weight excluding hydrogens is 232 g/mol. The lowest BCUT2D eigenvalue weighted by atomic mass is 10.2. The highest BCUT2D eigenvalue weighted by Gasteiger charge is 2.16. The molecule has 1 N–H and O–H groups in total. The minimum Gasteiger partial charge on any atom is -0.341 e. The van der Waals surface area contributed by atoms with E-state index in [0.29, 0.717) is 6.29 Å². The molecule has 18 heavy (non-hydrogen) atoms. The molecule has 5 heteroatoms. The molecule has 0 fully saturated rings. The molecule has 94 valence electrons. The summed E-state index contributed by atoms with van der Waals surface area (Å²) in [5, 5.41) is 2.30. The number of hydrogen-bond acceptors (Lipinski definition) is 3. The number of benzene rings is 1. The van der Waals surface area contributed by atoms with Gasteiger partial charge in [-0.2, -0.15) is 0 Å². The maximum atomic E-state index is 11.7. The molecule has 0 saturated heterocycles. The fraction of sp³-hybridized carbons (Fsp3) is 0.154. The van der Waals surface area contributed by atoms with Crippen LogP contribution in [0.1, 0.15) is 5.56 Å². The summed E-state index contributed by atoms with van der Waals surface area (Å²) < 4.78 is 0. The van der Waals surface area contributed by atoms with Gasteiger partial charge in [0.05, 0.1) is 6.54 Å². The van der Waals surface area contributed by atoms with Crippen LogP contribution in [-0.4, -0.2) is 36.7 Å². The molecule has 0 atom stereocenters. The van der Waals surface area contributed by atoms with Crippen LogP contribution in [0.4, 0.5) is 4.79 Å². The number of urea groups is 1. The second-order valence-corrected chi connectivity index (χ2v) is 3.41. The molecule has 0 heterocycles. The van der Waals surface area contributed by atoms with Crippen molar-refractivity contribution in [3.63, 3.8) is 0 Å². The van der Waals surface area contributed by atoms with Crippen molar-refractivity contribution in [1.82, 2.24) is 10.2 Å². The first-order chi connectivity index (χ1) is 8.69. The summed E-state index contributed by atoms with van der Waals surface area (Å²) in [5.41, 5.74) is 0.841. The van der Waals surface area contributed by atoms with Crippen LogP contribution in [0.3, 0.4) is 0 Å². The average Bonchev–Trinajstić information content (AvgIpc) is 2.42. The van der Waals surface area contributed by atoms with Crippen LogP contribution >= 0.6 is 0 Å². The Kier molecular flexibility index (Phi) is 5.31. The van der Waals surface area contributed by atoms with Gasteiger partial charge in [-0.3, -0.25) is 9.69 Å². The Morgan fingerprint density at radius 3 is 2.50 bits per heavy atom. The third kappa shape index (κ3) is 3.86. The fourth-order valence-electron chi connectivity index (χ4n) is 1.30. The molecule has 0 aliphatic carbocycles. The van der Waals surface area contributed by atoms with Crippen LogP contribution in [0, 0.1) is 0 Å². The highest BCUT2D eigenvalue weighted by atomic mass is 16.2. The largest absolute Gasteiger partial charge is 0.341 e. The van der Waals surface area contributed by atoms with E-state index in [1.165, 1.54) is 13.1 Å². The molecule has 0 aromatic heterocycles. The Balaban J connectivity index is 2.75. The second-order valence-electron chi connectivity index (χ2n) is 3.41. The third-order valence-electron chi connectivity index (χ3n) is 2.20. The maximum Gasteiger partial charge on any atom is 0.324 e. The van der Waals surface area contributed by atoms with Crippen LogP contribution in [-0.2, 0) is 9.59 Å². The molecule has 0 aliphatic rings. The molecule has 1 rings (SSSR count). The molecule has 0 saturated carbocycles. The number of carbonyl (C=O) groups excluding carboxylic acids is 3. The lowest BCUT2D eigenvalue weighted by molar-refractivity contribution is -0.125. The number of imide groups is 1. The van der Waals surface area contributed by atoms with Gasteiger partial charge in [-0.25, -0.2) is 4.79 Å². The summed E-state index contributed by atoms with van der Waals surface area (Å²) >= 11 is 0. The first-order valence-electron chi connectivity index (χ1n) is 5.39. The Morgan fingerprint density at radius 1 is 1.28 bits per heavy atom. The number of nitrogens with one attached hydrogen (secondary N) is 1. The minimum absolute atomic E-state index is 0.266. The van der Waals surface area contributed by atoms with E-state index in [-0.39, 0.29) is 6.54 Å². The summed E-state index contributed by atoms with van der Waals surface area (Å²) in [6.07, 6.45) is 3.35.